The van der Waals surface area contributed by atoms with E-state index in [0.717, 1.165) is 10.6 Å². The van der Waals surface area contributed by atoms with Crippen LogP contribution in [0.25, 0.3) is 0 Å². The summed E-state index contributed by atoms with van der Waals surface area (Å²) >= 11 is 7.15. The third-order valence-electron chi connectivity index (χ3n) is 3.43. The molecule has 1 aromatic carbocycles. The van der Waals surface area contributed by atoms with E-state index in [1.54, 1.807) is 12.1 Å². The molecule has 1 aliphatic rings. The number of halogens is 1. The number of nitrogens with zero attached hydrogens (tertiary/aromatic N) is 3. The van der Waals surface area contributed by atoms with E-state index in [-0.39, 0.29) is 18.9 Å². The number of carbonyl (C=O) groups is 2. The van der Waals surface area contributed by atoms with Gasteiger partial charge in [0.15, 0.2) is 0 Å². The van der Waals surface area contributed by atoms with E-state index in [1.807, 2.05) is 12.1 Å². The van der Waals surface area contributed by atoms with Crippen LogP contribution in [0, 0.1) is 5.92 Å². The van der Waals surface area contributed by atoms with Crippen molar-refractivity contribution in [1.29, 1.82) is 0 Å². The molecular weight excluding hydrogens is 326 g/mol. The molecule has 1 saturated heterocycles. The molecule has 1 atom stereocenters. The van der Waals surface area contributed by atoms with Crippen molar-refractivity contribution in [2.24, 2.45) is 5.92 Å². The summed E-state index contributed by atoms with van der Waals surface area (Å²) in [5, 5.41) is 19.0. The normalized spacial score (nSPS) is 18.0. The van der Waals surface area contributed by atoms with Crippen molar-refractivity contribution in [2.75, 3.05) is 11.4 Å². The van der Waals surface area contributed by atoms with Crippen molar-refractivity contribution in [3.63, 3.8) is 0 Å². The lowest BCUT2D eigenvalue weighted by Crippen LogP contribution is -2.25. The van der Waals surface area contributed by atoms with Gasteiger partial charge in [0.1, 0.15) is 5.01 Å². The summed E-state index contributed by atoms with van der Waals surface area (Å²) in [6.45, 7) is 0.156. The predicted octanol–water partition coefficient (Wildman–Crippen LogP) is 2.22. The zero-order valence-electron chi connectivity index (χ0n) is 11.4. The van der Waals surface area contributed by atoms with Crippen molar-refractivity contribution in [1.82, 2.24) is 10.2 Å². The van der Waals surface area contributed by atoms with Crippen LogP contribution in [0.5, 0.6) is 0 Å². The minimum Gasteiger partial charge on any atom is -0.481 e. The standard InChI is InChI=1S/C14H12ClN3O3S/c15-10-3-1-8(2-4-10)5-11-16-17-14(22-11)18-7-9(13(20)21)6-12(18)19/h1-4,9H,5-7H2,(H,20,21)/t9-/m1/s1. The highest BCUT2D eigenvalue weighted by Gasteiger charge is 2.36. The van der Waals surface area contributed by atoms with Gasteiger partial charge in [-0.15, -0.1) is 10.2 Å². The van der Waals surface area contributed by atoms with Crippen LogP contribution in [0.1, 0.15) is 17.0 Å². The molecule has 1 aromatic heterocycles. The van der Waals surface area contributed by atoms with Gasteiger partial charge in [0.25, 0.3) is 0 Å². The molecule has 6 nitrogen and oxygen atoms in total. The van der Waals surface area contributed by atoms with Gasteiger partial charge >= 0.3 is 5.97 Å². The number of benzene rings is 1. The number of amides is 1. The first-order chi connectivity index (χ1) is 10.5. The number of hydrogen-bond donors (Lipinski definition) is 1. The number of aromatic nitrogens is 2. The van der Waals surface area contributed by atoms with E-state index in [4.69, 9.17) is 16.7 Å². The van der Waals surface area contributed by atoms with Gasteiger partial charge in [0, 0.05) is 24.4 Å². The molecule has 114 valence electrons. The Morgan fingerprint density at radius 1 is 1.36 bits per heavy atom. The molecule has 1 fully saturated rings. The number of hydrogen-bond acceptors (Lipinski definition) is 5. The molecule has 0 bridgehead atoms. The van der Waals surface area contributed by atoms with E-state index in [9.17, 15) is 9.59 Å². The average molecular weight is 338 g/mol. The maximum absolute atomic E-state index is 11.9. The molecule has 2 heterocycles. The van der Waals surface area contributed by atoms with Crippen LogP contribution in [0.2, 0.25) is 5.02 Å². The summed E-state index contributed by atoms with van der Waals surface area (Å²) in [4.78, 5) is 24.3. The monoisotopic (exact) mass is 337 g/mol. The third kappa shape index (κ3) is 3.10. The highest BCUT2D eigenvalue weighted by Crippen LogP contribution is 2.28. The SMILES string of the molecule is O=C(O)[C@@H]1CC(=O)N(c2nnc(Cc3ccc(Cl)cc3)s2)C1. The summed E-state index contributed by atoms with van der Waals surface area (Å²) in [7, 11) is 0. The maximum Gasteiger partial charge on any atom is 0.308 e. The van der Waals surface area contributed by atoms with Crippen LogP contribution >= 0.6 is 22.9 Å². The van der Waals surface area contributed by atoms with E-state index in [1.165, 1.54) is 16.2 Å². The Balaban J connectivity index is 1.72. The van der Waals surface area contributed by atoms with E-state index in [2.05, 4.69) is 10.2 Å². The summed E-state index contributed by atoms with van der Waals surface area (Å²) in [5.41, 5.74) is 1.04. The number of carbonyl (C=O) groups excluding carboxylic acids is 1. The molecule has 3 rings (SSSR count). The summed E-state index contributed by atoms with van der Waals surface area (Å²) in [6.07, 6.45) is 0.612. The highest BCUT2D eigenvalue weighted by atomic mass is 35.5. The van der Waals surface area contributed by atoms with Crippen molar-refractivity contribution in [3.05, 3.63) is 39.9 Å². The largest absolute Gasteiger partial charge is 0.481 e. The molecule has 0 spiro atoms. The Labute approximate surface area is 135 Å². The molecular formula is C14H12ClN3O3S. The van der Waals surface area contributed by atoms with Crippen LogP contribution in [-0.4, -0.2) is 33.7 Å². The smallest absolute Gasteiger partial charge is 0.308 e. The minimum absolute atomic E-state index is 0.0153. The van der Waals surface area contributed by atoms with Crippen molar-refractivity contribution in [3.8, 4) is 0 Å². The summed E-state index contributed by atoms with van der Waals surface area (Å²) in [5.74, 6) is -1.85. The highest BCUT2D eigenvalue weighted by molar-refractivity contribution is 7.15. The zero-order valence-corrected chi connectivity index (χ0v) is 13.0. The van der Waals surface area contributed by atoms with Gasteiger partial charge < -0.3 is 5.11 Å². The van der Waals surface area contributed by atoms with E-state index >= 15 is 0 Å². The van der Waals surface area contributed by atoms with Gasteiger partial charge in [-0.2, -0.15) is 0 Å². The molecule has 22 heavy (non-hydrogen) atoms. The average Bonchev–Trinajstić information content (AvgIpc) is 3.08. The molecule has 1 aliphatic heterocycles. The maximum atomic E-state index is 11.9. The second kappa shape index (κ2) is 6.02. The second-order valence-electron chi connectivity index (χ2n) is 5.03. The Bertz CT molecular complexity index is 716. The fourth-order valence-corrected chi connectivity index (χ4v) is 3.29. The van der Waals surface area contributed by atoms with Gasteiger partial charge in [-0.25, -0.2) is 0 Å². The number of carboxylic acid groups (broad SMARTS) is 1. The van der Waals surface area contributed by atoms with Crippen molar-refractivity contribution in [2.45, 2.75) is 12.8 Å². The zero-order chi connectivity index (χ0) is 15.7. The molecule has 0 aliphatic carbocycles. The van der Waals surface area contributed by atoms with Crippen LogP contribution in [0.15, 0.2) is 24.3 Å². The van der Waals surface area contributed by atoms with Crippen molar-refractivity contribution < 1.29 is 14.7 Å². The Morgan fingerprint density at radius 3 is 2.73 bits per heavy atom. The number of rotatable bonds is 4. The Morgan fingerprint density at radius 2 is 2.09 bits per heavy atom. The quantitative estimate of drug-likeness (QED) is 0.924. The number of anilines is 1. The second-order valence-corrected chi connectivity index (χ2v) is 6.50. The van der Waals surface area contributed by atoms with Crippen LogP contribution in [0.3, 0.4) is 0 Å². The van der Waals surface area contributed by atoms with Gasteiger partial charge in [-0.05, 0) is 17.7 Å². The molecule has 1 amide bonds. The fraction of sp³-hybridized carbons (Fsp3) is 0.286. The van der Waals surface area contributed by atoms with Crippen LogP contribution < -0.4 is 4.90 Å². The van der Waals surface area contributed by atoms with Gasteiger partial charge in [-0.1, -0.05) is 35.1 Å². The first-order valence-corrected chi connectivity index (χ1v) is 7.82. The summed E-state index contributed by atoms with van der Waals surface area (Å²) in [6, 6.07) is 7.43. The third-order valence-corrected chi connectivity index (χ3v) is 4.63. The Kier molecular flexibility index (Phi) is 4.08. The topological polar surface area (TPSA) is 83.4 Å². The predicted molar refractivity (Wildman–Crippen MR) is 82.3 cm³/mol. The van der Waals surface area contributed by atoms with Crippen LogP contribution in [-0.2, 0) is 16.0 Å². The van der Waals surface area contributed by atoms with E-state index in [0.29, 0.717) is 16.6 Å². The first-order valence-electron chi connectivity index (χ1n) is 6.63. The Hall–Kier alpha value is -1.99. The minimum atomic E-state index is -0.957. The van der Waals surface area contributed by atoms with Gasteiger partial charge in [0.05, 0.1) is 5.92 Å². The number of carboxylic acids is 1. The lowest BCUT2D eigenvalue weighted by molar-refractivity contribution is -0.141. The van der Waals surface area contributed by atoms with Crippen LogP contribution in [0.4, 0.5) is 5.13 Å². The lowest BCUT2D eigenvalue weighted by atomic mass is 10.1. The molecule has 0 unspecified atom stereocenters. The van der Waals surface area contributed by atoms with E-state index < -0.39 is 11.9 Å². The number of aliphatic carboxylic acids is 1. The lowest BCUT2D eigenvalue weighted by Gasteiger charge is -2.10. The molecule has 1 N–H and O–H groups in total. The molecule has 0 radical (unpaired) electrons. The molecule has 2 aromatic rings. The van der Waals surface area contributed by atoms with Gasteiger partial charge in [0.2, 0.25) is 11.0 Å². The molecule has 0 saturated carbocycles. The fourth-order valence-electron chi connectivity index (χ4n) is 2.26. The van der Waals surface area contributed by atoms with Gasteiger partial charge in [-0.3, -0.25) is 14.5 Å². The first kappa shape index (κ1) is 14.9. The van der Waals surface area contributed by atoms with Crippen molar-refractivity contribution >= 4 is 39.9 Å². The molecule has 8 heteroatoms. The summed E-state index contributed by atoms with van der Waals surface area (Å²) < 4.78 is 0.